The number of rotatable bonds is 5. The van der Waals surface area contributed by atoms with Gasteiger partial charge in [-0.05, 0) is 36.6 Å². The molecule has 0 radical (unpaired) electrons. The van der Waals surface area contributed by atoms with Gasteiger partial charge in [0.1, 0.15) is 6.61 Å². The van der Waals surface area contributed by atoms with Crippen molar-refractivity contribution in [1.29, 1.82) is 0 Å². The van der Waals surface area contributed by atoms with Crippen LogP contribution in [0.5, 0.6) is 0 Å². The normalized spacial score (nSPS) is 14.1. The Bertz CT molecular complexity index is 888. The highest BCUT2D eigenvalue weighted by Gasteiger charge is 2.20. The van der Waals surface area contributed by atoms with Crippen LogP contribution < -0.4 is 16.7 Å². The summed E-state index contributed by atoms with van der Waals surface area (Å²) in [7, 11) is 1.49. The molecule has 3 rings (SSSR count). The van der Waals surface area contributed by atoms with E-state index in [4.69, 9.17) is 33.9 Å². The van der Waals surface area contributed by atoms with Crippen molar-refractivity contribution in [3.63, 3.8) is 0 Å². The van der Waals surface area contributed by atoms with E-state index in [2.05, 4.69) is 16.0 Å². The number of nitrogens with zero attached hydrogens (tertiary/aromatic N) is 2. The minimum absolute atomic E-state index is 0.106. The first-order valence-corrected chi connectivity index (χ1v) is 9.01. The first-order valence-electron chi connectivity index (χ1n) is 8.26. The minimum atomic E-state index is -0.438. The number of fused-ring (bicyclic) bond motifs is 1. The molecule has 0 unspecified atom stereocenters. The lowest BCUT2D eigenvalue weighted by molar-refractivity contribution is 0.130. The second-order valence-corrected chi connectivity index (χ2v) is 6.78. The second-order valence-electron chi connectivity index (χ2n) is 5.96. The highest BCUT2D eigenvalue weighted by atomic mass is 35.5. The van der Waals surface area contributed by atoms with Gasteiger partial charge >= 0.3 is 6.03 Å². The van der Waals surface area contributed by atoms with Crippen molar-refractivity contribution < 1.29 is 9.63 Å². The fourth-order valence-electron chi connectivity index (χ4n) is 2.81. The molecule has 0 bridgehead atoms. The Hall–Kier alpha value is -2.32. The maximum Gasteiger partial charge on any atom is 0.337 e. The number of hydrazine groups is 2. The summed E-state index contributed by atoms with van der Waals surface area (Å²) in [5.74, 6) is 5.23. The highest BCUT2D eigenvalue weighted by molar-refractivity contribution is 6.32. The van der Waals surface area contributed by atoms with Gasteiger partial charge in [0.2, 0.25) is 0 Å². The SMILES string of the molecule is CN(NN)C(=O)Nc1cccc(Cl)c1CON=C1CCc2c(Cl)cccc21. The predicted molar refractivity (Wildman–Crippen MR) is 107 cm³/mol. The van der Waals surface area contributed by atoms with E-state index in [1.54, 1.807) is 18.2 Å². The van der Waals surface area contributed by atoms with Gasteiger partial charge in [-0.25, -0.2) is 9.80 Å². The second kappa shape index (κ2) is 8.58. The van der Waals surface area contributed by atoms with Crippen LogP contribution in [0.25, 0.3) is 0 Å². The molecule has 4 N–H and O–H groups in total. The molecule has 0 atom stereocenters. The van der Waals surface area contributed by atoms with Crippen LogP contribution in [-0.4, -0.2) is 23.8 Å². The quantitative estimate of drug-likeness (QED) is 0.520. The summed E-state index contributed by atoms with van der Waals surface area (Å²) in [6, 6.07) is 10.5. The number of halogens is 2. The molecule has 2 aromatic carbocycles. The first kappa shape index (κ1) is 19.4. The molecule has 1 aliphatic carbocycles. The largest absolute Gasteiger partial charge is 0.391 e. The van der Waals surface area contributed by atoms with Crippen LogP contribution in [-0.2, 0) is 17.9 Å². The number of oxime groups is 1. The number of hydrogen-bond acceptors (Lipinski definition) is 5. The molecule has 0 fully saturated rings. The van der Waals surface area contributed by atoms with Crippen LogP contribution in [0.4, 0.5) is 10.5 Å². The highest BCUT2D eigenvalue weighted by Crippen LogP contribution is 2.30. The topological polar surface area (TPSA) is 92.0 Å². The number of carbonyl (C=O) groups excluding carboxylic acids is 1. The van der Waals surface area contributed by atoms with Crippen molar-refractivity contribution in [2.75, 3.05) is 12.4 Å². The third kappa shape index (κ3) is 4.33. The summed E-state index contributed by atoms with van der Waals surface area (Å²) in [6.07, 6.45) is 1.60. The number of carbonyl (C=O) groups is 1. The summed E-state index contributed by atoms with van der Waals surface area (Å²) < 4.78 is 0. The van der Waals surface area contributed by atoms with E-state index < -0.39 is 6.03 Å². The fraction of sp³-hybridized carbons (Fsp3) is 0.222. The minimum Gasteiger partial charge on any atom is -0.391 e. The van der Waals surface area contributed by atoms with Crippen molar-refractivity contribution in [2.24, 2.45) is 11.0 Å². The fourth-order valence-corrected chi connectivity index (χ4v) is 3.31. The predicted octanol–water partition coefficient (Wildman–Crippen LogP) is 3.70. The van der Waals surface area contributed by atoms with E-state index in [9.17, 15) is 4.79 Å². The Balaban J connectivity index is 1.74. The average Bonchev–Trinajstić information content (AvgIpc) is 3.07. The van der Waals surface area contributed by atoms with E-state index in [1.165, 1.54) is 7.05 Å². The molecule has 0 saturated carbocycles. The standard InChI is InChI=1S/C18H19Cl2N5O2/c1-25(24-21)18(26)22-16-7-3-6-15(20)13(16)10-27-23-17-9-8-11-12(17)4-2-5-14(11)19/h2-7,24H,8-10,21H2,1H3,(H,22,26). The van der Waals surface area contributed by atoms with Crippen molar-refractivity contribution >= 4 is 40.6 Å². The first-order chi connectivity index (χ1) is 13.0. The third-order valence-electron chi connectivity index (χ3n) is 4.28. The van der Waals surface area contributed by atoms with Crippen LogP contribution in [0.3, 0.4) is 0 Å². The maximum absolute atomic E-state index is 12.0. The molecule has 0 aliphatic heterocycles. The third-order valence-corrected chi connectivity index (χ3v) is 4.99. The van der Waals surface area contributed by atoms with E-state index in [-0.39, 0.29) is 6.61 Å². The Morgan fingerprint density at radius 1 is 1.22 bits per heavy atom. The summed E-state index contributed by atoms with van der Waals surface area (Å²) in [4.78, 5) is 17.6. The zero-order valence-electron chi connectivity index (χ0n) is 14.6. The van der Waals surface area contributed by atoms with Gasteiger partial charge in [-0.2, -0.15) is 5.53 Å². The van der Waals surface area contributed by atoms with E-state index >= 15 is 0 Å². The van der Waals surface area contributed by atoms with E-state index in [0.29, 0.717) is 16.3 Å². The van der Waals surface area contributed by atoms with Crippen molar-refractivity contribution in [3.8, 4) is 0 Å². The van der Waals surface area contributed by atoms with Gasteiger partial charge in [0, 0.05) is 28.2 Å². The summed E-state index contributed by atoms with van der Waals surface area (Å²) in [5, 5.41) is 9.28. The van der Waals surface area contributed by atoms with Gasteiger partial charge in [-0.15, -0.1) is 0 Å². The Labute approximate surface area is 167 Å². The maximum atomic E-state index is 12.0. The Morgan fingerprint density at radius 2 is 1.96 bits per heavy atom. The van der Waals surface area contributed by atoms with Crippen LogP contribution >= 0.6 is 23.2 Å². The monoisotopic (exact) mass is 407 g/mol. The summed E-state index contributed by atoms with van der Waals surface area (Å²) in [5.41, 5.74) is 6.31. The molecule has 1 aliphatic rings. The summed E-state index contributed by atoms with van der Waals surface area (Å²) in [6.45, 7) is 0.106. The number of nitrogens with one attached hydrogen (secondary N) is 2. The van der Waals surface area contributed by atoms with Crippen LogP contribution in [0.1, 0.15) is 23.1 Å². The Morgan fingerprint density at radius 3 is 2.74 bits per heavy atom. The molecule has 2 amide bonds. The Kier molecular flexibility index (Phi) is 6.18. The van der Waals surface area contributed by atoms with Gasteiger partial charge in [0.05, 0.1) is 11.4 Å². The molecule has 142 valence electrons. The number of hydrogen-bond donors (Lipinski definition) is 3. The van der Waals surface area contributed by atoms with Gasteiger partial charge in [0.25, 0.3) is 0 Å². The number of urea groups is 1. The number of nitrogens with two attached hydrogens (primary N) is 1. The van der Waals surface area contributed by atoms with Gasteiger partial charge in [-0.1, -0.05) is 46.6 Å². The number of anilines is 1. The zero-order valence-corrected chi connectivity index (χ0v) is 16.1. The van der Waals surface area contributed by atoms with Gasteiger partial charge in [-0.3, -0.25) is 5.84 Å². The molecule has 27 heavy (non-hydrogen) atoms. The average molecular weight is 408 g/mol. The van der Waals surface area contributed by atoms with E-state index in [1.807, 2.05) is 18.2 Å². The lowest BCUT2D eigenvalue weighted by Gasteiger charge is -2.17. The lowest BCUT2D eigenvalue weighted by atomic mass is 10.1. The van der Waals surface area contributed by atoms with Crippen LogP contribution in [0.2, 0.25) is 10.0 Å². The molecule has 0 heterocycles. The molecular weight excluding hydrogens is 389 g/mol. The van der Waals surface area contributed by atoms with Crippen LogP contribution in [0, 0.1) is 0 Å². The number of benzene rings is 2. The lowest BCUT2D eigenvalue weighted by Crippen LogP contribution is -2.46. The molecule has 2 aromatic rings. The molecule has 7 nitrogen and oxygen atoms in total. The molecule has 0 spiro atoms. The van der Waals surface area contributed by atoms with Crippen LogP contribution in [0.15, 0.2) is 41.6 Å². The van der Waals surface area contributed by atoms with Crippen molar-refractivity contribution in [3.05, 3.63) is 63.1 Å². The molecular formula is C18H19Cl2N5O2. The van der Waals surface area contributed by atoms with E-state index in [0.717, 1.165) is 39.7 Å². The number of amides is 2. The van der Waals surface area contributed by atoms with Gasteiger partial charge in [0.15, 0.2) is 0 Å². The smallest absolute Gasteiger partial charge is 0.337 e. The van der Waals surface area contributed by atoms with Crippen molar-refractivity contribution in [2.45, 2.75) is 19.4 Å². The molecule has 0 aromatic heterocycles. The van der Waals surface area contributed by atoms with Crippen molar-refractivity contribution in [1.82, 2.24) is 10.5 Å². The molecule has 0 saturated heterocycles. The zero-order chi connectivity index (χ0) is 19.4. The molecule has 9 heteroatoms. The van der Waals surface area contributed by atoms with Gasteiger partial charge < -0.3 is 10.2 Å². The summed E-state index contributed by atoms with van der Waals surface area (Å²) >= 11 is 12.5.